The van der Waals surface area contributed by atoms with Crippen LogP contribution in [0.25, 0.3) is 0 Å². The molecule has 2 heterocycles. The normalized spacial score (nSPS) is 28.0. The number of hydrogen-bond donors (Lipinski definition) is 2. The average Bonchev–Trinajstić information content (AvgIpc) is 2.69. The first kappa shape index (κ1) is 8.81. The third-order valence-electron chi connectivity index (χ3n) is 2.45. The summed E-state index contributed by atoms with van der Waals surface area (Å²) >= 11 is 0. The number of guanidine groups is 1. The van der Waals surface area contributed by atoms with E-state index in [2.05, 4.69) is 15.6 Å². The van der Waals surface area contributed by atoms with Crippen molar-refractivity contribution < 1.29 is 4.74 Å². The fraction of sp³-hybridized carbons (Fsp3) is 0.889. The molecule has 4 heteroatoms. The molecule has 1 saturated heterocycles. The largest absolute Gasteiger partial charge is 0.376 e. The number of rotatable bonds is 2. The van der Waals surface area contributed by atoms with Gasteiger partial charge in [-0.2, -0.15) is 0 Å². The Morgan fingerprint density at radius 2 is 2.54 bits per heavy atom. The summed E-state index contributed by atoms with van der Waals surface area (Å²) in [6, 6.07) is 0. The summed E-state index contributed by atoms with van der Waals surface area (Å²) in [6.45, 7) is 3.68. The zero-order valence-electron chi connectivity index (χ0n) is 7.88. The van der Waals surface area contributed by atoms with E-state index in [-0.39, 0.29) is 0 Å². The summed E-state index contributed by atoms with van der Waals surface area (Å²) in [6.07, 6.45) is 4.08. The van der Waals surface area contributed by atoms with Gasteiger partial charge in [0.2, 0.25) is 0 Å². The van der Waals surface area contributed by atoms with Gasteiger partial charge in [0.1, 0.15) is 0 Å². The zero-order chi connectivity index (χ0) is 8.93. The highest BCUT2D eigenvalue weighted by molar-refractivity contribution is 5.81. The monoisotopic (exact) mass is 183 g/mol. The fourth-order valence-corrected chi connectivity index (χ4v) is 1.70. The summed E-state index contributed by atoms with van der Waals surface area (Å²) < 4.78 is 5.59. The third kappa shape index (κ3) is 2.59. The molecule has 74 valence electrons. The minimum absolute atomic E-state index is 0.388. The molecule has 0 radical (unpaired) electrons. The molecule has 1 fully saturated rings. The number of hydrogen-bond acceptors (Lipinski definition) is 4. The molecule has 0 aliphatic carbocycles. The van der Waals surface area contributed by atoms with Crippen LogP contribution in [0.5, 0.6) is 0 Å². The van der Waals surface area contributed by atoms with Crippen molar-refractivity contribution in [1.82, 2.24) is 10.6 Å². The Hall–Kier alpha value is -0.770. The van der Waals surface area contributed by atoms with Crippen LogP contribution in [0, 0.1) is 0 Å². The minimum Gasteiger partial charge on any atom is -0.376 e. The average molecular weight is 183 g/mol. The van der Waals surface area contributed by atoms with E-state index in [0.717, 1.165) is 32.2 Å². The molecule has 0 amide bonds. The SMILES string of the molecule is C1CCC(CNC2=NCCN2)OC1. The van der Waals surface area contributed by atoms with E-state index in [1.165, 1.54) is 19.3 Å². The maximum atomic E-state index is 5.59. The van der Waals surface area contributed by atoms with Crippen LogP contribution in [0.4, 0.5) is 0 Å². The number of nitrogens with one attached hydrogen (secondary N) is 2. The molecule has 13 heavy (non-hydrogen) atoms. The molecule has 0 bridgehead atoms. The van der Waals surface area contributed by atoms with Crippen molar-refractivity contribution in [2.45, 2.75) is 25.4 Å². The Morgan fingerprint density at radius 1 is 1.54 bits per heavy atom. The maximum Gasteiger partial charge on any atom is 0.191 e. The van der Waals surface area contributed by atoms with Crippen LogP contribution in [-0.4, -0.2) is 38.3 Å². The van der Waals surface area contributed by atoms with Crippen molar-refractivity contribution in [2.75, 3.05) is 26.2 Å². The van der Waals surface area contributed by atoms with Gasteiger partial charge in [-0.1, -0.05) is 0 Å². The van der Waals surface area contributed by atoms with Gasteiger partial charge >= 0.3 is 0 Å². The Bertz CT molecular complexity index is 187. The lowest BCUT2D eigenvalue weighted by Gasteiger charge is -2.23. The number of ether oxygens (including phenoxy) is 1. The molecule has 2 N–H and O–H groups in total. The van der Waals surface area contributed by atoms with Crippen LogP contribution in [0.3, 0.4) is 0 Å². The van der Waals surface area contributed by atoms with Crippen molar-refractivity contribution in [2.24, 2.45) is 4.99 Å². The lowest BCUT2D eigenvalue weighted by Crippen LogP contribution is -2.40. The van der Waals surface area contributed by atoms with Crippen molar-refractivity contribution in [3.05, 3.63) is 0 Å². The van der Waals surface area contributed by atoms with E-state index in [4.69, 9.17) is 4.74 Å². The van der Waals surface area contributed by atoms with Gasteiger partial charge in [-0.05, 0) is 19.3 Å². The first-order valence-corrected chi connectivity index (χ1v) is 5.09. The standard InChI is InChI=1S/C9H17N3O/c1-2-6-13-8(3-1)7-12-9-10-4-5-11-9/h8H,1-7H2,(H2,10,11,12). The van der Waals surface area contributed by atoms with Gasteiger partial charge in [0.15, 0.2) is 5.96 Å². The van der Waals surface area contributed by atoms with Crippen molar-refractivity contribution in [1.29, 1.82) is 0 Å². The summed E-state index contributed by atoms with van der Waals surface area (Å²) in [5.41, 5.74) is 0. The van der Waals surface area contributed by atoms with Gasteiger partial charge in [-0.15, -0.1) is 0 Å². The Labute approximate surface area is 78.8 Å². The van der Waals surface area contributed by atoms with E-state index in [1.54, 1.807) is 0 Å². The van der Waals surface area contributed by atoms with Gasteiger partial charge < -0.3 is 15.4 Å². The topological polar surface area (TPSA) is 45.7 Å². The highest BCUT2D eigenvalue weighted by Crippen LogP contribution is 2.11. The lowest BCUT2D eigenvalue weighted by molar-refractivity contribution is 0.0195. The van der Waals surface area contributed by atoms with Crippen molar-refractivity contribution in [3.8, 4) is 0 Å². The van der Waals surface area contributed by atoms with Gasteiger partial charge in [0.25, 0.3) is 0 Å². The Morgan fingerprint density at radius 3 is 3.23 bits per heavy atom. The first-order chi connectivity index (χ1) is 6.45. The molecule has 2 aliphatic heterocycles. The van der Waals surface area contributed by atoms with Crippen LogP contribution < -0.4 is 10.6 Å². The quantitative estimate of drug-likeness (QED) is 0.638. The summed E-state index contributed by atoms with van der Waals surface area (Å²) in [7, 11) is 0. The van der Waals surface area contributed by atoms with Crippen molar-refractivity contribution >= 4 is 5.96 Å². The van der Waals surface area contributed by atoms with Crippen LogP contribution in [0.1, 0.15) is 19.3 Å². The molecule has 0 aromatic rings. The van der Waals surface area contributed by atoms with Crippen LogP contribution in [0.15, 0.2) is 4.99 Å². The molecule has 1 unspecified atom stereocenters. The highest BCUT2D eigenvalue weighted by Gasteiger charge is 2.14. The molecule has 0 aromatic carbocycles. The number of nitrogens with zero attached hydrogens (tertiary/aromatic N) is 1. The first-order valence-electron chi connectivity index (χ1n) is 5.09. The highest BCUT2D eigenvalue weighted by atomic mass is 16.5. The molecule has 0 saturated carbocycles. The molecular formula is C9H17N3O. The van der Waals surface area contributed by atoms with Gasteiger partial charge in [-0.25, -0.2) is 0 Å². The van der Waals surface area contributed by atoms with Gasteiger partial charge in [0.05, 0.1) is 12.6 Å². The van der Waals surface area contributed by atoms with Crippen LogP contribution >= 0.6 is 0 Å². The Balaban J connectivity index is 1.66. The molecule has 0 spiro atoms. The van der Waals surface area contributed by atoms with E-state index < -0.39 is 0 Å². The summed E-state index contributed by atoms with van der Waals surface area (Å²) in [4.78, 5) is 4.26. The van der Waals surface area contributed by atoms with E-state index in [1.807, 2.05) is 0 Å². The predicted molar refractivity (Wildman–Crippen MR) is 51.9 cm³/mol. The smallest absolute Gasteiger partial charge is 0.191 e. The molecule has 1 atom stereocenters. The lowest BCUT2D eigenvalue weighted by atomic mass is 10.1. The molecular weight excluding hydrogens is 166 g/mol. The maximum absolute atomic E-state index is 5.59. The van der Waals surface area contributed by atoms with E-state index >= 15 is 0 Å². The Kier molecular flexibility index (Phi) is 3.02. The second-order valence-electron chi connectivity index (χ2n) is 3.53. The third-order valence-corrected chi connectivity index (χ3v) is 2.45. The molecule has 0 aromatic heterocycles. The summed E-state index contributed by atoms with van der Waals surface area (Å²) in [5.74, 6) is 0.939. The zero-order valence-corrected chi connectivity index (χ0v) is 7.88. The second-order valence-corrected chi connectivity index (χ2v) is 3.53. The van der Waals surface area contributed by atoms with Gasteiger partial charge in [-0.3, -0.25) is 4.99 Å². The molecule has 2 rings (SSSR count). The second kappa shape index (κ2) is 4.46. The van der Waals surface area contributed by atoms with E-state index in [0.29, 0.717) is 6.10 Å². The fourth-order valence-electron chi connectivity index (χ4n) is 1.70. The minimum atomic E-state index is 0.388. The van der Waals surface area contributed by atoms with Crippen LogP contribution in [-0.2, 0) is 4.74 Å². The molecule has 4 nitrogen and oxygen atoms in total. The van der Waals surface area contributed by atoms with E-state index in [9.17, 15) is 0 Å². The molecule has 2 aliphatic rings. The number of aliphatic imine (C=N–C) groups is 1. The van der Waals surface area contributed by atoms with Crippen molar-refractivity contribution in [3.63, 3.8) is 0 Å². The predicted octanol–water partition coefficient (Wildman–Crippen LogP) is 0.104. The van der Waals surface area contributed by atoms with Crippen LogP contribution in [0.2, 0.25) is 0 Å². The van der Waals surface area contributed by atoms with Gasteiger partial charge in [0, 0.05) is 19.7 Å². The summed E-state index contributed by atoms with van der Waals surface area (Å²) in [5, 5.41) is 6.44.